The van der Waals surface area contributed by atoms with E-state index in [0.717, 1.165) is 25.9 Å². The van der Waals surface area contributed by atoms with Crippen LogP contribution in [0, 0.1) is 5.92 Å². The topological polar surface area (TPSA) is 41.6 Å². The van der Waals surface area contributed by atoms with Gasteiger partial charge in [-0.2, -0.15) is 0 Å². The molecule has 0 aromatic heterocycles. The number of nitrogens with zero attached hydrogens (tertiary/aromatic N) is 1. The minimum absolute atomic E-state index is 0.0652. The molecule has 1 fully saturated rings. The van der Waals surface area contributed by atoms with Gasteiger partial charge >= 0.3 is 6.03 Å². The molecule has 0 aliphatic carbocycles. The van der Waals surface area contributed by atoms with E-state index < -0.39 is 0 Å². The Morgan fingerprint density at radius 3 is 2.44 bits per heavy atom. The van der Waals surface area contributed by atoms with Gasteiger partial charge in [0.05, 0.1) is 12.6 Å². The molecule has 1 aliphatic heterocycles. The van der Waals surface area contributed by atoms with E-state index >= 15 is 0 Å². The highest BCUT2D eigenvalue weighted by molar-refractivity contribution is 5.74. The lowest BCUT2D eigenvalue weighted by atomic mass is 10.1. The minimum Gasteiger partial charge on any atom is -0.383 e. The van der Waals surface area contributed by atoms with Crippen molar-refractivity contribution in [3.63, 3.8) is 0 Å². The third-order valence-electron chi connectivity index (χ3n) is 3.10. The maximum Gasteiger partial charge on any atom is 0.317 e. The molecule has 1 saturated heterocycles. The maximum atomic E-state index is 11.9. The molecule has 1 N–H and O–H groups in total. The first-order valence-corrected chi connectivity index (χ1v) is 6.19. The Morgan fingerprint density at radius 2 is 1.94 bits per heavy atom. The van der Waals surface area contributed by atoms with E-state index in [1.807, 2.05) is 4.90 Å². The minimum atomic E-state index is 0.0652. The largest absolute Gasteiger partial charge is 0.383 e. The highest BCUT2D eigenvalue weighted by atomic mass is 16.5. The maximum absolute atomic E-state index is 11.9. The van der Waals surface area contributed by atoms with Crippen molar-refractivity contribution in [2.45, 2.75) is 39.2 Å². The number of hydrogen-bond donors (Lipinski definition) is 1. The molecule has 1 rings (SSSR count). The molecule has 1 aliphatic rings. The number of ether oxygens (including phenoxy) is 1. The second kappa shape index (κ2) is 6.74. The smallest absolute Gasteiger partial charge is 0.317 e. The van der Waals surface area contributed by atoms with Gasteiger partial charge in [0.2, 0.25) is 0 Å². The molecular formula is C12H24N2O2. The number of rotatable bonds is 4. The summed E-state index contributed by atoms with van der Waals surface area (Å²) < 4.78 is 5.12. The molecule has 0 saturated carbocycles. The number of methoxy groups -OCH3 is 1. The first kappa shape index (κ1) is 13.3. The molecule has 16 heavy (non-hydrogen) atoms. The quantitative estimate of drug-likeness (QED) is 0.798. The molecular weight excluding hydrogens is 204 g/mol. The molecule has 0 aromatic carbocycles. The molecule has 0 aromatic rings. The number of urea groups is 1. The van der Waals surface area contributed by atoms with Crippen LogP contribution >= 0.6 is 0 Å². The lowest BCUT2D eigenvalue weighted by Crippen LogP contribution is -2.49. The monoisotopic (exact) mass is 228 g/mol. The van der Waals surface area contributed by atoms with Crippen LogP contribution in [0.2, 0.25) is 0 Å². The van der Waals surface area contributed by atoms with E-state index in [1.165, 1.54) is 6.42 Å². The lowest BCUT2D eigenvalue weighted by Gasteiger charge is -2.30. The van der Waals surface area contributed by atoms with E-state index in [1.54, 1.807) is 7.11 Å². The van der Waals surface area contributed by atoms with Crippen LogP contribution in [0.5, 0.6) is 0 Å². The average Bonchev–Trinajstić information content (AvgIpc) is 2.29. The van der Waals surface area contributed by atoms with E-state index in [-0.39, 0.29) is 12.1 Å². The van der Waals surface area contributed by atoms with Gasteiger partial charge in [-0.1, -0.05) is 13.8 Å². The Bertz CT molecular complexity index is 213. The van der Waals surface area contributed by atoms with Gasteiger partial charge in [0.15, 0.2) is 0 Å². The molecule has 0 bridgehead atoms. The fourth-order valence-corrected chi connectivity index (χ4v) is 1.93. The molecule has 0 radical (unpaired) electrons. The third kappa shape index (κ3) is 4.00. The predicted molar refractivity (Wildman–Crippen MR) is 64.5 cm³/mol. The molecule has 0 spiro atoms. The summed E-state index contributed by atoms with van der Waals surface area (Å²) in [5.41, 5.74) is 0. The van der Waals surface area contributed by atoms with Crippen LogP contribution in [-0.2, 0) is 4.74 Å². The standard InChI is InChI=1S/C12H24N2O2/c1-10(2)11(9-16-3)13-12(15)14-7-5-4-6-8-14/h10-11H,4-9H2,1-3H3,(H,13,15). The Balaban J connectivity index is 2.40. The fourth-order valence-electron chi connectivity index (χ4n) is 1.93. The number of piperidine rings is 1. The summed E-state index contributed by atoms with van der Waals surface area (Å²) >= 11 is 0. The lowest BCUT2D eigenvalue weighted by molar-refractivity contribution is 0.136. The Labute approximate surface area is 98.3 Å². The SMILES string of the molecule is COCC(NC(=O)N1CCCCC1)C(C)C. The van der Waals surface area contributed by atoms with Crippen molar-refractivity contribution in [1.29, 1.82) is 0 Å². The highest BCUT2D eigenvalue weighted by Gasteiger charge is 2.21. The van der Waals surface area contributed by atoms with Crippen LogP contribution in [0.1, 0.15) is 33.1 Å². The Kier molecular flexibility index (Phi) is 5.60. The first-order chi connectivity index (χ1) is 7.65. The summed E-state index contributed by atoms with van der Waals surface area (Å²) in [6.45, 7) is 6.56. The van der Waals surface area contributed by atoms with E-state index in [0.29, 0.717) is 12.5 Å². The van der Waals surface area contributed by atoms with Crippen LogP contribution in [0.4, 0.5) is 4.79 Å². The zero-order valence-electron chi connectivity index (χ0n) is 10.7. The number of nitrogens with one attached hydrogen (secondary N) is 1. The summed E-state index contributed by atoms with van der Waals surface area (Å²) in [7, 11) is 1.67. The van der Waals surface area contributed by atoms with Gasteiger partial charge in [-0.05, 0) is 25.2 Å². The summed E-state index contributed by atoms with van der Waals surface area (Å²) in [4.78, 5) is 13.9. The predicted octanol–water partition coefficient (Wildman–Crippen LogP) is 1.85. The van der Waals surface area contributed by atoms with Crippen LogP contribution < -0.4 is 5.32 Å². The number of amides is 2. The van der Waals surface area contributed by atoms with Crippen molar-refractivity contribution in [2.75, 3.05) is 26.8 Å². The second-order valence-corrected chi connectivity index (χ2v) is 4.80. The van der Waals surface area contributed by atoms with Crippen molar-refractivity contribution >= 4 is 6.03 Å². The highest BCUT2D eigenvalue weighted by Crippen LogP contribution is 2.10. The summed E-state index contributed by atoms with van der Waals surface area (Å²) in [6, 6.07) is 0.176. The first-order valence-electron chi connectivity index (χ1n) is 6.19. The number of hydrogen-bond acceptors (Lipinski definition) is 2. The van der Waals surface area contributed by atoms with Crippen LogP contribution in [0.15, 0.2) is 0 Å². The van der Waals surface area contributed by atoms with Gasteiger partial charge < -0.3 is 15.0 Å². The zero-order valence-corrected chi connectivity index (χ0v) is 10.7. The van der Waals surface area contributed by atoms with Gasteiger partial charge in [-0.15, -0.1) is 0 Å². The second-order valence-electron chi connectivity index (χ2n) is 4.80. The van der Waals surface area contributed by atoms with E-state index in [2.05, 4.69) is 19.2 Å². The third-order valence-corrected chi connectivity index (χ3v) is 3.10. The molecule has 94 valence electrons. The fraction of sp³-hybridized carbons (Fsp3) is 0.917. The van der Waals surface area contributed by atoms with E-state index in [9.17, 15) is 4.79 Å². The van der Waals surface area contributed by atoms with Crippen molar-refractivity contribution in [1.82, 2.24) is 10.2 Å². The molecule has 2 amide bonds. The molecule has 1 atom stereocenters. The van der Waals surface area contributed by atoms with Crippen LogP contribution in [0.3, 0.4) is 0 Å². The molecule has 4 heteroatoms. The van der Waals surface area contributed by atoms with Gasteiger partial charge in [0.25, 0.3) is 0 Å². The summed E-state index contributed by atoms with van der Waals surface area (Å²) in [5.74, 6) is 0.397. The van der Waals surface area contributed by atoms with Gasteiger partial charge in [-0.25, -0.2) is 4.79 Å². The van der Waals surface area contributed by atoms with Crippen LogP contribution in [0.25, 0.3) is 0 Å². The normalized spacial score (nSPS) is 18.6. The average molecular weight is 228 g/mol. The van der Waals surface area contributed by atoms with Gasteiger partial charge in [0.1, 0.15) is 0 Å². The number of carbonyl (C=O) groups is 1. The number of carbonyl (C=O) groups excluding carboxylic acids is 1. The van der Waals surface area contributed by atoms with E-state index in [4.69, 9.17) is 4.74 Å². The molecule has 1 heterocycles. The summed E-state index contributed by atoms with van der Waals surface area (Å²) in [6.07, 6.45) is 3.50. The summed E-state index contributed by atoms with van der Waals surface area (Å²) in [5, 5.41) is 3.05. The molecule has 4 nitrogen and oxygen atoms in total. The van der Waals surface area contributed by atoms with Gasteiger partial charge in [-0.3, -0.25) is 0 Å². The van der Waals surface area contributed by atoms with Crippen molar-refractivity contribution in [3.8, 4) is 0 Å². The van der Waals surface area contributed by atoms with Gasteiger partial charge in [0, 0.05) is 20.2 Å². The number of likely N-dealkylation sites (tertiary alicyclic amines) is 1. The zero-order chi connectivity index (χ0) is 12.0. The van der Waals surface area contributed by atoms with Crippen molar-refractivity contribution in [3.05, 3.63) is 0 Å². The Hall–Kier alpha value is -0.770. The Morgan fingerprint density at radius 1 is 1.31 bits per heavy atom. The van der Waals surface area contributed by atoms with Crippen molar-refractivity contribution < 1.29 is 9.53 Å². The van der Waals surface area contributed by atoms with Crippen molar-refractivity contribution in [2.24, 2.45) is 5.92 Å². The molecule has 1 unspecified atom stereocenters. The van der Waals surface area contributed by atoms with Crippen LogP contribution in [-0.4, -0.2) is 43.8 Å².